The molecule has 2 aromatic rings. The number of rotatable bonds is 7. The van der Waals surface area contributed by atoms with E-state index in [-0.39, 0.29) is 18.4 Å². The van der Waals surface area contributed by atoms with E-state index in [1.807, 2.05) is 35.2 Å². The van der Waals surface area contributed by atoms with E-state index in [9.17, 15) is 9.59 Å². The summed E-state index contributed by atoms with van der Waals surface area (Å²) in [4.78, 5) is 27.5. The molecule has 0 atom stereocenters. The molecule has 154 valence electrons. The lowest BCUT2D eigenvalue weighted by Gasteiger charge is -2.28. The highest BCUT2D eigenvalue weighted by atomic mass is 16.5. The van der Waals surface area contributed by atoms with E-state index < -0.39 is 0 Å². The minimum absolute atomic E-state index is 0.0791. The van der Waals surface area contributed by atoms with E-state index in [1.165, 1.54) is 14.2 Å². The molecule has 29 heavy (non-hydrogen) atoms. The second-order valence-electron chi connectivity index (χ2n) is 6.87. The van der Waals surface area contributed by atoms with Gasteiger partial charge in [-0.3, -0.25) is 9.59 Å². The first-order valence-electron chi connectivity index (χ1n) is 9.76. The molecule has 0 bridgehead atoms. The lowest BCUT2D eigenvalue weighted by atomic mass is 10.1. The zero-order chi connectivity index (χ0) is 20.6. The van der Waals surface area contributed by atoms with Gasteiger partial charge in [-0.1, -0.05) is 18.2 Å². The van der Waals surface area contributed by atoms with E-state index in [2.05, 4.69) is 10.6 Å². The first-order chi connectivity index (χ1) is 14.1. The van der Waals surface area contributed by atoms with Crippen molar-refractivity contribution in [2.75, 3.05) is 44.5 Å². The van der Waals surface area contributed by atoms with Gasteiger partial charge in [-0.25, -0.2) is 0 Å². The number of piperidine rings is 1. The molecule has 0 saturated carbocycles. The van der Waals surface area contributed by atoms with Crippen LogP contribution in [0.15, 0.2) is 42.5 Å². The highest BCUT2D eigenvalue weighted by Gasteiger charge is 2.24. The summed E-state index contributed by atoms with van der Waals surface area (Å²) >= 11 is 0. The van der Waals surface area contributed by atoms with Gasteiger partial charge in [-0.15, -0.1) is 0 Å². The Labute approximate surface area is 171 Å². The average Bonchev–Trinajstić information content (AvgIpc) is 2.78. The maximum atomic E-state index is 13.1. The topological polar surface area (TPSA) is 79.9 Å². The SMILES string of the molecule is COc1cc(NC(=O)CNc2ccccc2)c(C(=O)N2CCCCC2)cc1OC. The summed E-state index contributed by atoms with van der Waals surface area (Å²) < 4.78 is 10.7. The fourth-order valence-electron chi connectivity index (χ4n) is 3.36. The quantitative estimate of drug-likeness (QED) is 0.749. The van der Waals surface area contributed by atoms with Crippen molar-refractivity contribution in [3.8, 4) is 11.5 Å². The number of carbonyl (C=O) groups is 2. The third-order valence-corrected chi connectivity index (χ3v) is 4.90. The first-order valence-corrected chi connectivity index (χ1v) is 9.76. The van der Waals surface area contributed by atoms with Crippen LogP contribution in [0.2, 0.25) is 0 Å². The van der Waals surface area contributed by atoms with Crippen molar-refractivity contribution in [1.29, 1.82) is 0 Å². The van der Waals surface area contributed by atoms with Crippen LogP contribution in [-0.2, 0) is 4.79 Å². The van der Waals surface area contributed by atoms with Crippen LogP contribution in [0.4, 0.5) is 11.4 Å². The van der Waals surface area contributed by atoms with Crippen molar-refractivity contribution in [3.63, 3.8) is 0 Å². The molecule has 3 rings (SSSR count). The molecule has 2 N–H and O–H groups in total. The Bertz CT molecular complexity index is 849. The van der Waals surface area contributed by atoms with Gasteiger partial charge in [0.05, 0.1) is 32.0 Å². The number of para-hydroxylation sites is 1. The van der Waals surface area contributed by atoms with E-state index in [0.29, 0.717) is 22.7 Å². The maximum absolute atomic E-state index is 13.1. The number of benzene rings is 2. The number of amides is 2. The van der Waals surface area contributed by atoms with Crippen molar-refractivity contribution in [3.05, 3.63) is 48.0 Å². The molecule has 7 nitrogen and oxygen atoms in total. The molecule has 0 spiro atoms. The molecule has 0 radical (unpaired) electrons. The Kier molecular flexibility index (Phi) is 6.94. The number of likely N-dealkylation sites (tertiary alicyclic amines) is 1. The zero-order valence-electron chi connectivity index (χ0n) is 16.9. The van der Waals surface area contributed by atoms with E-state index >= 15 is 0 Å². The largest absolute Gasteiger partial charge is 0.493 e. The zero-order valence-corrected chi connectivity index (χ0v) is 16.9. The maximum Gasteiger partial charge on any atom is 0.256 e. The van der Waals surface area contributed by atoms with Gasteiger partial charge in [0.15, 0.2) is 11.5 Å². The fraction of sp³-hybridized carbons (Fsp3) is 0.364. The number of nitrogens with one attached hydrogen (secondary N) is 2. The van der Waals surface area contributed by atoms with Gasteiger partial charge in [0.25, 0.3) is 5.91 Å². The Balaban J connectivity index is 1.80. The molecule has 1 fully saturated rings. The molecular formula is C22H27N3O4. The molecule has 1 aliphatic rings. The molecular weight excluding hydrogens is 370 g/mol. The summed E-state index contributed by atoms with van der Waals surface area (Å²) in [6.07, 6.45) is 3.11. The third-order valence-electron chi connectivity index (χ3n) is 4.90. The van der Waals surface area contributed by atoms with E-state index in [0.717, 1.165) is 38.0 Å². The first kappa shape index (κ1) is 20.5. The van der Waals surface area contributed by atoms with Crippen LogP contribution in [-0.4, -0.2) is 50.6 Å². The molecule has 2 amide bonds. The highest BCUT2D eigenvalue weighted by molar-refractivity contribution is 6.05. The van der Waals surface area contributed by atoms with Crippen LogP contribution >= 0.6 is 0 Å². The van der Waals surface area contributed by atoms with E-state index in [4.69, 9.17) is 9.47 Å². The lowest BCUT2D eigenvalue weighted by Crippen LogP contribution is -2.36. The van der Waals surface area contributed by atoms with Crippen LogP contribution in [0.3, 0.4) is 0 Å². The third kappa shape index (κ3) is 5.19. The number of anilines is 2. The van der Waals surface area contributed by atoms with Crippen LogP contribution in [0, 0.1) is 0 Å². The summed E-state index contributed by atoms with van der Waals surface area (Å²) in [6.45, 7) is 1.52. The van der Waals surface area contributed by atoms with Gasteiger partial charge in [0.2, 0.25) is 5.91 Å². The van der Waals surface area contributed by atoms with Crippen LogP contribution < -0.4 is 20.1 Å². The predicted molar refractivity (Wildman–Crippen MR) is 113 cm³/mol. The molecule has 0 aliphatic carbocycles. The molecule has 0 unspecified atom stereocenters. The Morgan fingerprint density at radius 1 is 0.966 bits per heavy atom. The highest BCUT2D eigenvalue weighted by Crippen LogP contribution is 2.34. The number of carbonyl (C=O) groups excluding carboxylic acids is 2. The molecule has 1 saturated heterocycles. The Hall–Kier alpha value is -3.22. The van der Waals surface area contributed by atoms with Gasteiger partial charge in [-0.2, -0.15) is 0 Å². The van der Waals surface area contributed by atoms with Crippen molar-refractivity contribution in [2.45, 2.75) is 19.3 Å². The molecule has 7 heteroatoms. The Morgan fingerprint density at radius 2 is 1.62 bits per heavy atom. The fourth-order valence-corrected chi connectivity index (χ4v) is 3.36. The van der Waals surface area contributed by atoms with Crippen LogP contribution in [0.1, 0.15) is 29.6 Å². The number of methoxy groups -OCH3 is 2. The summed E-state index contributed by atoms with van der Waals surface area (Å²) in [6, 6.07) is 12.7. The monoisotopic (exact) mass is 397 g/mol. The molecule has 2 aromatic carbocycles. The Morgan fingerprint density at radius 3 is 2.28 bits per heavy atom. The van der Waals surface area contributed by atoms with Gasteiger partial charge >= 0.3 is 0 Å². The van der Waals surface area contributed by atoms with Gasteiger partial charge in [-0.05, 0) is 37.5 Å². The lowest BCUT2D eigenvalue weighted by molar-refractivity contribution is -0.114. The summed E-state index contributed by atoms with van der Waals surface area (Å²) in [5.41, 5.74) is 1.66. The number of nitrogens with zero attached hydrogens (tertiary/aromatic N) is 1. The second kappa shape index (κ2) is 9.82. The van der Waals surface area contributed by atoms with Crippen LogP contribution in [0.25, 0.3) is 0 Å². The summed E-state index contributed by atoms with van der Waals surface area (Å²) in [7, 11) is 3.04. The van der Waals surface area contributed by atoms with Gasteiger partial charge < -0.3 is 25.0 Å². The van der Waals surface area contributed by atoms with Crippen molar-refractivity contribution in [1.82, 2.24) is 4.90 Å². The van der Waals surface area contributed by atoms with Crippen LogP contribution in [0.5, 0.6) is 11.5 Å². The number of hydrogen-bond donors (Lipinski definition) is 2. The van der Waals surface area contributed by atoms with Crippen molar-refractivity contribution in [2.24, 2.45) is 0 Å². The van der Waals surface area contributed by atoms with E-state index in [1.54, 1.807) is 12.1 Å². The normalized spacial score (nSPS) is 13.5. The molecule has 0 aromatic heterocycles. The minimum Gasteiger partial charge on any atom is -0.493 e. The summed E-state index contributed by atoms with van der Waals surface area (Å²) in [5.74, 6) is 0.535. The van der Waals surface area contributed by atoms with Gasteiger partial charge in [0.1, 0.15) is 0 Å². The predicted octanol–water partition coefficient (Wildman–Crippen LogP) is 3.38. The summed E-state index contributed by atoms with van der Waals surface area (Å²) in [5, 5.41) is 5.91. The minimum atomic E-state index is -0.256. The van der Waals surface area contributed by atoms with Gasteiger partial charge in [0, 0.05) is 24.8 Å². The standard InChI is InChI=1S/C22H27N3O4/c1-28-19-13-17(22(27)25-11-7-4-8-12-25)18(14-20(19)29-2)24-21(26)15-23-16-9-5-3-6-10-16/h3,5-6,9-10,13-14,23H,4,7-8,11-12,15H2,1-2H3,(H,24,26). The number of ether oxygens (including phenoxy) is 2. The molecule has 1 heterocycles. The smallest absolute Gasteiger partial charge is 0.256 e. The van der Waals surface area contributed by atoms with Crippen molar-refractivity contribution >= 4 is 23.2 Å². The average molecular weight is 397 g/mol. The molecule has 1 aliphatic heterocycles. The number of hydrogen-bond acceptors (Lipinski definition) is 5. The second-order valence-corrected chi connectivity index (χ2v) is 6.87. The van der Waals surface area contributed by atoms with Crippen molar-refractivity contribution < 1.29 is 19.1 Å².